The summed E-state index contributed by atoms with van der Waals surface area (Å²) in [5.41, 5.74) is 0. The van der Waals surface area contributed by atoms with Crippen LogP contribution in [0.4, 0.5) is 4.79 Å². The number of unbranched alkanes of at least 4 members (excludes halogenated alkanes) is 23. The highest BCUT2D eigenvalue weighted by molar-refractivity contribution is 5.70. The van der Waals surface area contributed by atoms with Crippen molar-refractivity contribution in [1.29, 1.82) is 0 Å². The summed E-state index contributed by atoms with van der Waals surface area (Å²) in [5.74, 6) is -0.0290. The quantitative estimate of drug-likeness (QED) is 0.0365. The molecule has 1 unspecified atom stereocenters. The van der Waals surface area contributed by atoms with Gasteiger partial charge in [0.1, 0.15) is 18.3 Å². The van der Waals surface area contributed by atoms with Crippen LogP contribution in [0.15, 0.2) is 0 Å². The van der Waals surface area contributed by atoms with Gasteiger partial charge in [-0.25, -0.2) is 4.79 Å². The van der Waals surface area contributed by atoms with Gasteiger partial charge in [0.2, 0.25) is 0 Å². The van der Waals surface area contributed by atoms with Gasteiger partial charge in [-0.1, -0.05) is 156 Å². The average Bonchev–Trinajstić information content (AvgIpc) is 3.28. The minimum absolute atomic E-state index is 0.0145. The van der Waals surface area contributed by atoms with Crippen molar-refractivity contribution in [3.63, 3.8) is 0 Å². The lowest BCUT2D eigenvalue weighted by molar-refractivity contribution is -0.151. The van der Waals surface area contributed by atoms with Gasteiger partial charge in [0, 0.05) is 25.9 Å². The van der Waals surface area contributed by atoms with E-state index in [0.29, 0.717) is 25.9 Å². The SMILES string of the molecule is CCCCCCC(CCCCCC)OC(=O)CCCCCCCCC(CCCCCCCCC(=O)OC(CCCCCC)CCCCCC)OC(=O)N(CCCCC(C)O)CCCN(C)C. The number of aliphatic hydroxyl groups excluding tert-OH is 1. The first-order valence-corrected chi connectivity index (χ1v) is 28.7. The Morgan fingerprint density at radius 2 is 0.682 bits per heavy atom. The van der Waals surface area contributed by atoms with E-state index in [2.05, 4.69) is 46.7 Å². The molecule has 1 amide bonds. The van der Waals surface area contributed by atoms with E-state index in [0.717, 1.165) is 173 Å². The molecule has 0 heterocycles. The van der Waals surface area contributed by atoms with Crippen LogP contribution in [-0.4, -0.2) is 91.1 Å². The fraction of sp³-hybridized carbons (Fsp3) is 0.947. The molecule has 66 heavy (non-hydrogen) atoms. The zero-order chi connectivity index (χ0) is 48.7. The maximum absolute atomic E-state index is 13.7. The lowest BCUT2D eigenvalue weighted by atomic mass is 10.0. The fourth-order valence-electron chi connectivity index (χ4n) is 9.00. The summed E-state index contributed by atoms with van der Waals surface area (Å²) in [4.78, 5) is 43.3. The van der Waals surface area contributed by atoms with Crippen LogP contribution in [0, 0.1) is 0 Å². The highest BCUT2D eigenvalue weighted by Gasteiger charge is 2.21. The normalized spacial score (nSPS) is 12.2. The Morgan fingerprint density at radius 3 is 1.03 bits per heavy atom. The second-order valence-corrected chi connectivity index (χ2v) is 20.4. The highest BCUT2D eigenvalue weighted by atomic mass is 16.6. The maximum atomic E-state index is 13.7. The van der Waals surface area contributed by atoms with Crippen LogP contribution < -0.4 is 0 Å². The topological polar surface area (TPSA) is 106 Å². The van der Waals surface area contributed by atoms with Crippen LogP contribution in [0.3, 0.4) is 0 Å². The standard InChI is InChI=1S/C57H112N2O7/c1-8-12-16-28-40-52(41-29-17-13-9-2)64-55(61)46-34-26-22-20-24-32-44-54(66-57(63)59(50-38-48-58(6)7)49-37-36-39-51(5)60)45-33-25-21-23-27-35-47-56(62)65-53(42-30-18-14-10-3)43-31-19-15-11-4/h51-54,60H,8-50H2,1-7H3. The summed E-state index contributed by atoms with van der Waals surface area (Å²) in [7, 11) is 4.13. The Balaban J connectivity index is 4.99. The summed E-state index contributed by atoms with van der Waals surface area (Å²) in [6.07, 6.45) is 41.8. The highest BCUT2D eigenvalue weighted by Crippen LogP contribution is 2.22. The molecule has 0 saturated heterocycles. The fourth-order valence-corrected chi connectivity index (χ4v) is 9.00. The van der Waals surface area contributed by atoms with Gasteiger partial charge in [-0.15, -0.1) is 0 Å². The summed E-state index contributed by atoms with van der Waals surface area (Å²) in [5, 5.41) is 9.77. The maximum Gasteiger partial charge on any atom is 0.410 e. The van der Waals surface area contributed by atoms with Gasteiger partial charge in [0.15, 0.2) is 0 Å². The summed E-state index contributed by atoms with van der Waals surface area (Å²) in [6.45, 7) is 13.0. The molecule has 0 aliphatic rings. The lowest BCUT2D eigenvalue weighted by Gasteiger charge is -2.26. The third-order valence-electron chi connectivity index (χ3n) is 13.3. The number of rotatable bonds is 50. The van der Waals surface area contributed by atoms with Gasteiger partial charge in [0.25, 0.3) is 0 Å². The van der Waals surface area contributed by atoms with E-state index in [1.54, 1.807) is 0 Å². The van der Waals surface area contributed by atoms with Crippen molar-refractivity contribution < 1.29 is 33.7 Å². The van der Waals surface area contributed by atoms with Crippen molar-refractivity contribution in [3.05, 3.63) is 0 Å². The molecule has 0 rings (SSSR count). The molecule has 9 nitrogen and oxygen atoms in total. The van der Waals surface area contributed by atoms with Crippen LogP contribution >= 0.6 is 0 Å². The van der Waals surface area contributed by atoms with Crippen molar-refractivity contribution in [3.8, 4) is 0 Å². The van der Waals surface area contributed by atoms with Crippen LogP contribution in [-0.2, 0) is 23.8 Å². The molecule has 0 aliphatic carbocycles. The van der Waals surface area contributed by atoms with Crippen molar-refractivity contribution in [2.45, 2.75) is 316 Å². The number of hydrogen-bond acceptors (Lipinski definition) is 8. The number of amides is 1. The number of ether oxygens (including phenoxy) is 3. The molecule has 9 heteroatoms. The molecule has 0 saturated carbocycles. The Bertz CT molecular complexity index is 989. The van der Waals surface area contributed by atoms with E-state index in [1.165, 1.54) is 77.0 Å². The average molecular weight is 938 g/mol. The van der Waals surface area contributed by atoms with Crippen LogP contribution in [0.25, 0.3) is 0 Å². The van der Waals surface area contributed by atoms with E-state index in [9.17, 15) is 19.5 Å². The van der Waals surface area contributed by atoms with Crippen molar-refractivity contribution in [2.75, 3.05) is 33.7 Å². The zero-order valence-corrected chi connectivity index (χ0v) is 45.0. The molecule has 0 aromatic heterocycles. The first-order chi connectivity index (χ1) is 32.1. The van der Waals surface area contributed by atoms with Gasteiger partial charge in [-0.2, -0.15) is 0 Å². The van der Waals surface area contributed by atoms with Gasteiger partial charge < -0.3 is 29.1 Å². The van der Waals surface area contributed by atoms with E-state index in [4.69, 9.17) is 14.2 Å². The third kappa shape index (κ3) is 43.4. The Kier molecular flexibility index (Phi) is 46.8. The molecular formula is C57H112N2O7. The molecule has 0 aromatic rings. The molecule has 1 atom stereocenters. The van der Waals surface area contributed by atoms with Crippen molar-refractivity contribution in [1.82, 2.24) is 9.80 Å². The summed E-state index contributed by atoms with van der Waals surface area (Å²) >= 11 is 0. The van der Waals surface area contributed by atoms with Gasteiger partial charge >= 0.3 is 18.0 Å². The largest absolute Gasteiger partial charge is 0.462 e. The number of carbonyl (C=O) groups is 3. The first-order valence-electron chi connectivity index (χ1n) is 28.7. The molecule has 392 valence electrons. The third-order valence-corrected chi connectivity index (χ3v) is 13.3. The number of aliphatic hydroxyl groups is 1. The summed E-state index contributed by atoms with van der Waals surface area (Å²) in [6, 6.07) is 0. The van der Waals surface area contributed by atoms with E-state index >= 15 is 0 Å². The van der Waals surface area contributed by atoms with Crippen LogP contribution in [0.2, 0.25) is 0 Å². The molecule has 1 N–H and O–H groups in total. The Hall–Kier alpha value is -1.87. The zero-order valence-electron chi connectivity index (χ0n) is 45.0. The predicted molar refractivity (Wildman–Crippen MR) is 279 cm³/mol. The van der Waals surface area contributed by atoms with Crippen molar-refractivity contribution in [2.24, 2.45) is 0 Å². The van der Waals surface area contributed by atoms with Crippen LogP contribution in [0.1, 0.15) is 291 Å². The molecular weight excluding hydrogens is 825 g/mol. The minimum atomic E-state index is -0.323. The summed E-state index contributed by atoms with van der Waals surface area (Å²) < 4.78 is 18.3. The molecule has 0 spiro atoms. The lowest BCUT2D eigenvalue weighted by Crippen LogP contribution is -2.37. The second kappa shape index (κ2) is 48.2. The first kappa shape index (κ1) is 64.1. The van der Waals surface area contributed by atoms with Gasteiger partial charge in [-0.05, 0) is 143 Å². The molecule has 0 aliphatic heterocycles. The molecule has 0 bridgehead atoms. The number of esters is 2. The molecule has 0 radical (unpaired) electrons. The molecule has 0 aromatic carbocycles. The number of nitrogens with zero attached hydrogens (tertiary/aromatic N) is 2. The smallest absolute Gasteiger partial charge is 0.410 e. The van der Waals surface area contributed by atoms with E-state index in [1.807, 2.05) is 11.8 Å². The minimum Gasteiger partial charge on any atom is -0.462 e. The monoisotopic (exact) mass is 937 g/mol. The molecule has 0 fully saturated rings. The Morgan fingerprint density at radius 1 is 0.379 bits per heavy atom. The second-order valence-electron chi connectivity index (χ2n) is 20.4. The van der Waals surface area contributed by atoms with Gasteiger partial charge in [-0.3, -0.25) is 9.59 Å². The Labute approximate surface area is 409 Å². The van der Waals surface area contributed by atoms with Crippen molar-refractivity contribution >= 4 is 18.0 Å². The van der Waals surface area contributed by atoms with Crippen LogP contribution in [0.5, 0.6) is 0 Å². The van der Waals surface area contributed by atoms with E-state index < -0.39 is 0 Å². The predicted octanol–water partition coefficient (Wildman–Crippen LogP) is 16.2. The number of carbonyl (C=O) groups excluding carboxylic acids is 3. The van der Waals surface area contributed by atoms with E-state index in [-0.39, 0.29) is 42.4 Å². The van der Waals surface area contributed by atoms with Gasteiger partial charge in [0.05, 0.1) is 6.10 Å². The number of hydrogen-bond donors (Lipinski definition) is 1.